The minimum Gasteiger partial charge on any atom is -0.497 e. The maximum absolute atomic E-state index is 13.8. The molecule has 0 amide bonds. The van der Waals surface area contributed by atoms with Gasteiger partial charge in [0.15, 0.2) is 0 Å². The van der Waals surface area contributed by atoms with Crippen molar-refractivity contribution >= 4 is 21.6 Å². The number of benzene rings is 2. The molecule has 1 saturated heterocycles. The third kappa shape index (κ3) is 3.86. The highest BCUT2D eigenvalue weighted by Gasteiger charge is 2.31. The van der Waals surface area contributed by atoms with Gasteiger partial charge in [-0.3, -0.25) is 0 Å². The van der Waals surface area contributed by atoms with E-state index < -0.39 is 15.8 Å². The Morgan fingerprint density at radius 2 is 1.74 bits per heavy atom. The highest BCUT2D eigenvalue weighted by molar-refractivity contribution is 7.89. The Hall–Kier alpha value is -3.57. The average molecular weight is 483 g/mol. The standard InChI is InChI=1S/C23H23FN6O3S/c1-16-3-6-18(24)13-21(16)34(31,32)29-11-9-28(10-12-29)22-20(14-25-23-26-15-27-30(22)23)17-4-7-19(33-2)8-5-17/h3-8,13-15H,9-12H2,1-2H3. The molecular formula is C23H23FN6O3S. The third-order valence-corrected chi connectivity index (χ3v) is 8.03. The van der Waals surface area contributed by atoms with Crippen LogP contribution in [-0.2, 0) is 10.0 Å². The van der Waals surface area contributed by atoms with Gasteiger partial charge in [-0.05, 0) is 42.3 Å². The lowest BCUT2D eigenvalue weighted by molar-refractivity contribution is 0.382. The summed E-state index contributed by atoms with van der Waals surface area (Å²) < 4.78 is 48.5. The summed E-state index contributed by atoms with van der Waals surface area (Å²) in [5.74, 6) is 1.41. The van der Waals surface area contributed by atoms with Gasteiger partial charge in [0, 0.05) is 37.9 Å². The molecular weight excluding hydrogens is 459 g/mol. The topological polar surface area (TPSA) is 92.9 Å². The number of rotatable bonds is 5. The number of aromatic nitrogens is 4. The van der Waals surface area contributed by atoms with Crippen LogP contribution in [0.1, 0.15) is 5.56 Å². The van der Waals surface area contributed by atoms with E-state index in [0.29, 0.717) is 24.4 Å². The molecule has 0 saturated carbocycles. The zero-order chi connectivity index (χ0) is 23.9. The van der Waals surface area contributed by atoms with E-state index >= 15 is 0 Å². The maximum Gasteiger partial charge on any atom is 0.254 e. The highest BCUT2D eigenvalue weighted by Crippen LogP contribution is 2.33. The number of fused-ring (bicyclic) bond motifs is 1. The van der Waals surface area contributed by atoms with Gasteiger partial charge in [-0.2, -0.15) is 18.9 Å². The minimum atomic E-state index is -3.82. The maximum atomic E-state index is 13.8. The average Bonchev–Trinajstić information content (AvgIpc) is 3.34. The molecule has 0 spiro atoms. The number of anilines is 1. The molecule has 9 nitrogen and oxygen atoms in total. The van der Waals surface area contributed by atoms with Crippen LogP contribution in [0.15, 0.2) is 59.9 Å². The van der Waals surface area contributed by atoms with Crippen LogP contribution in [0.4, 0.5) is 10.2 Å². The van der Waals surface area contributed by atoms with Crippen LogP contribution in [0.25, 0.3) is 16.9 Å². The molecule has 34 heavy (non-hydrogen) atoms. The molecule has 1 fully saturated rings. The predicted octanol–water partition coefficient (Wildman–Crippen LogP) is 2.76. The molecule has 176 valence electrons. The van der Waals surface area contributed by atoms with Crippen molar-refractivity contribution in [2.75, 3.05) is 38.2 Å². The minimum absolute atomic E-state index is 0.00227. The van der Waals surface area contributed by atoms with Crippen molar-refractivity contribution < 1.29 is 17.5 Å². The van der Waals surface area contributed by atoms with Crippen molar-refractivity contribution in [2.45, 2.75) is 11.8 Å². The number of nitrogens with zero attached hydrogens (tertiary/aromatic N) is 6. The zero-order valence-corrected chi connectivity index (χ0v) is 19.5. The predicted molar refractivity (Wildman–Crippen MR) is 125 cm³/mol. The highest BCUT2D eigenvalue weighted by atomic mass is 32.2. The van der Waals surface area contributed by atoms with E-state index in [-0.39, 0.29) is 18.0 Å². The monoisotopic (exact) mass is 482 g/mol. The molecule has 1 aliphatic heterocycles. The second kappa shape index (κ2) is 8.65. The van der Waals surface area contributed by atoms with E-state index in [2.05, 4.69) is 20.0 Å². The summed E-state index contributed by atoms with van der Waals surface area (Å²) >= 11 is 0. The van der Waals surface area contributed by atoms with E-state index in [0.717, 1.165) is 28.8 Å². The fourth-order valence-corrected chi connectivity index (χ4v) is 5.84. The number of hydrogen-bond acceptors (Lipinski definition) is 7. The van der Waals surface area contributed by atoms with Gasteiger partial charge >= 0.3 is 0 Å². The second-order valence-electron chi connectivity index (χ2n) is 8.00. The molecule has 0 bridgehead atoms. The summed E-state index contributed by atoms with van der Waals surface area (Å²) in [6.07, 6.45) is 3.19. The molecule has 3 heterocycles. The van der Waals surface area contributed by atoms with Crippen LogP contribution in [0, 0.1) is 12.7 Å². The van der Waals surface area contributed by atoms with Gasteiger partial charge in [0.2, 0.25) is 10.0 Å². The van der Waals surface area contributed by atoms with Gasteiger partial charge in [-0.25, -0.2) is 17.8 Å². The van der Waals surface area contributed by atoms with E-state index in [1.165, 1.54) is 22.8 Å². The first-order valence-corrected chi connectivity index (χ1v) is 12.2. The Kier molecular flexibility index (Phi) is 5.66. The number of piperazine rings is 1. The fraction of sp³-hybridized carbons (Fsp3) is 0.261. The summed E-state index contributed by atoms with van der Waals surface area (Å²) in [6, 6.07) is 11.5. The SMILES string of the molecule is COc1ccc(-c2cnc3ncnn3c2N2CCN(S(=O)(=O)c3cc(F)ccc3C)CC2)cc1. The molecule has 0 N–H and O–H groups in total. The van der Waals surface area contributed by atoms with Crippen LogP contribution in [-0.4, -0.2) is 65.6 Å². The number of sulfonamides is 1. The number of ether oxygens (including phenoxy) is 1. The second-order valence-corrected chi connectivity index (χ2v) is 9.90. The first-order chi connectivity index (χ1) is 16.4. The Morgan fingerprint density at radius 1 is 1.00 bits per heavy atom. The zero-order valence-electron chi connectivity index (χ0n) is 18.7. The largest absolute Gasteiger partial charge is 0.497 e. The number of methoxy groups -OCH3 is 1. The van der Waals surface area contributed by atoms with Crippen molar-refractivity contribution in [3.63, 3.8) is 0 Å². The first kappa shape index (κ1) is 22.2. The van der Waals surface area contributed by atoms with E-state index in [1.54, 1.807) is 24.7 Å². The number of hydrogen-bond donors (Lipinski definition) is 0. The third-order valence-electron chi connectivity index (χ3n) is 5.99. The van der Waals surface area contributed by atoms with Crippen molar-refractivity contribution in [2.24, 2.45) is 0 Å². The Balaban J connectivity index is 1.47. The molecule has 2 aromatic heterocycles. The lowest BCUT2D eigenvalue weighted by Gasteiger charge is -2.36. The molecule has 0 aliphatic carbocycles. The molecule has 4 aromatic rings. The first-order valence-electron chi connectivity index (χ1n) is 10.7. The molecule has 1 aliphatic rings. The smallest absolute Gasteiger partial charge is 0.254 e. The number of halogens is 1. The van der Waals surface area contributed by atoms with Crippen LogP contribution in [0.3, 0.4) is 0 Å². The van der Waals surface area contributed by atoms with E-state index in [1.807, 2.05) is 24.3 Å². The Bertz CT molecular complexity index is 1450. The summed E-state index contributed by atoms with van der Waals surface area (Å²) in [7, 11) is -2.20. The summed E-state index contributed by atoms with van der Waals surface area (Å²) in [5, 5.41) is 4.35. The Morgan fingerprint density at radius 3 is 2.44 bits per heavy atom. The van der Waals surface area contributed by atoms with Crippen molar-refractivity contribution in [3.8, 4) is 16.9 Å². The Labute approximate surface area is 196 Å². The van der Waals surface area contributed by atoms with Gasteiger partial charge in [0.1, 0.15) is 23.7 Å². The lowest BCUT2D eigenvalue weighted by Crippen LogP contribution is -2.49. The van der Waals surface area contributed by atoms with E-state index in [9.17, 15) is 12.8 Å². The van der Waals surface area contributed by atoms with Gasteiger partial charge < -0.3 is 9.64 Å². The molecule has 11 heteroatoms. The van der Waals surface area contributed by atoms with Crippen molar-refractivity contribution in [1.29, 1.82) is 0 Å². The quantitative estimate of drug-likeness (QED) is 0.432. The van der Waals surface area contributed by atoms with Gasteiger partial charge in [0.05, 0.1) is 12.0 Å². The van der Waals surface area contributed by atoms with E-state index in [4.69, 9.17) is 4.74 Å². The molecule has 0 atom stereocenters. The van der Waals surface area contributed by atoms with Crippen molar-refractivity contribution in [3.05, 3.63) is 66.4 Å². The fourth-order valence-electron chi connectivity index (χ4n) is 4.18. The molecule has 0 unspecified atom stereocenters. The van der Waals surface area contributed by atoms with Crippen LogP contribution < -0.4 is 9.64 Å². The van der Waals surface area contributed by atoms with Gasteiger partial charge in [-0.1, -0.05) is 18.2 Å². The molecule has 0 radical (unpaired) electrons. The summed E-state index contributed by atoms with van der Waals surface area (Å²) in [4.78, 5) is 10.7. The number of aryl methyl sites for hydroxylation is 1. The van der Waals surface area contributed by atoms with Gasteiger partial charge in [-0.15, -0.1) is 0 Å². The molecule has 2 aromatic carbocycles. The van der Waals surface area contributed by atoms with Gasteiger partial charge in [0.25, 0.3) is 5.78 Å². The van der Waals surface area contributed by atoms with Crippen LogP contribution >= 0.6 is 0 Å². The lowest BCUT2D eigenvalue weighted by atomic mass is 10.1. The summed E-state index contributed by atoms with van der Waals surface area (Å²) in [5.41, 5.74) is 2.29. The molecule has 5 rings (SSSR count). The summed E-state index contributed by atoms with van der Waals surface area (Å²) in [6.45, 7) is 3.02. The van der Waals surface area contributed by atoms with Crippen LogP contribution in [0.5, 0.6) is 5.75 Å². The van der Waals surface area contributed by atoms with Crippen molar-refractivity contribution in [1.82, 2.24) is 23.9 Å². The normalized spacial score (nSPS) is 15.1. The van der Waals surface area contributed by atoms with Crippen LogP contribution in [0.2, 0.25) is 0 Å².